The first-order valence-corrected chi connectivity index (χ1v) is 13.5. The van der Waals surface area contributed by atoms with Gasteiger partial charge >= 0.3 is 0 Å². The molecule has 2 aromatic rings. The second-order valence-corrected chi connectivity index (χ2v) is 10.2. The van der Waals surface area contributed by atoms with Crippen molar-refractivity contribution in [3.63, 3.8) is 0 Å². The number of allylic oxidation sites excluding steroid dienone is 2. The summed E-state index contributed by atoms with van der Waals surface area (Å²) in [5.74, 6) is 0. The molecule has 0 fully saturated rings. The van der Waals surface area contributed by atoms with Crippen molar-refractivity contribution >= 4 is 11.4 Å². The van der Waals surface area contributed by atoms with Crippen LogP contribution in [0.4, 0.5) is 0 Å². The number of hydrogen-bond donors (Lipinski definition) is 0. The second-order valence-electron chi connectivity index (χ2n) is 10.2. The summed E-state index contributed by atoms with van der Waals surface area (Å²) in [6.45, 7) is 15.6. The van der Waals surface area contributed by atoms with Crippen molar-refractivity contribution in [2.45, 2.75) is 106 Å². The van der Waals surface area contributed by atoms with Crippen molar-refractivity contribution in [2.24, 2.45) is 0 Å². The average molecular weight is 457 g/mol. The molecule has 0 spiro atoms. The highest BCUT2D eigenvalue weighted by Gasteiger charge is 2.29. The van der Waals surface area contributed by atoms with Crippen LogP contribution in [-0.4, -0.2) is 4.70 Å². The number of nitrogens with zero attached hydrogens (tertiary/aromatic N) is 2. The maximum absolute atomic E-state index is 11.5. The van der Waals surface area contributed by atoms with Crippen LogP contribution in [0.3, 0.4) is 0 Å². The second kappa shape index (κ2) is 11.8. The number of rotatable bonds is 11. The van der Waals surface area contributed by atoms with Crippen LogP contribution in [0.5, 0.6) is 0 Å². The van der Waals surface area contributed by atoms with Crippen LogP contribution in [0.25, 0.3) is 16.9 Å². The third kappa shape index (κ3) is 5.59. The Labute approximate surface area is 208 Å². The molecule has 0 unspecified atom stereocenters. The lowest BCUT2D eigenvalue weighted by atomic mass is 9.93. The van der Waals surface area contributed by atoms with Gasteiger partial charge in [-0.25, -0.2) is 4.70 Å². The molecule has 1 heterocycles. The zero-order valence-electron chi connectivity index (χ0n) is 22.6. The molecule has 34 heavy (non-hydrogen) atoms. The molecule has 2 heteroatoms. The fraction of sp³-hybridized carbons (Fsp3) is 0.500. The van der Waals surface area contributed by atoms with Crippen LogP contribution >= 0.6 is 0 Å². The van der Waals surface area contributed by atoms with Gasteiger partial charge in [-0.15, -0.1) is 0 Å². The number of benzene rings is 2. The predicted molar refractivity (Wildman–Crippen MR) is 147 cm³/mol. The summed E-state index contributed by atoms with van der Waals surface area (Å²) in [4.78, 5) is 0. The van der Waals surface area contributed by atoms with Crippen molar-refractivity contribution in [2.75, 3.05) is 0 Å². The van der Waals surface area contributed by atoms with Crippen LogP contribution in [0.15, 0.2) is 35.9 Å². The minimum atomic E-state index is 0.903. The van der Waals surface area contributed by atoms with Gasteiger partial charge in [0.15, 0.2) is 0 Å². The lowest BCUT2D eigenvalue weighted by Gasteiger charge is -2.16. The molecule has 2 aromatic carbocycles. The predicted octanol–water partition coefficient (Wildman–Crippen LogP) is 9.60. The zero-order chi connectivity index (χ0) is 24.8. The van der Waals surface area contributed by atoms with E-state index in [2.05, 4.69) is 78.8 Å². The number of unbranched alkanes of at least 4 members (excludes halogenated alkanes) is 3. The summed E-state index contributed by atoms with van der Waals surface area (Å²) in [7, 11) is 0. The Kier molecular flexibility index (Phi) is 9.05. The fourth-order valence-corrected chi connectivity index (χ4v) is 5.39. The molecule has 1 aliphatic rings. The maximum Gasteiger partial charge on any atom is 0.210 e. The first-order valence-electron chi connectivity index (χ1n) is 13.5. The lowest BCUT2D eigenvalue weighted by molar-refractivity contribution is -0.344. The zero-order valence-corrected chi connectivity index (χ0v) is 22.6. The summed E-state index contributed by atoms with van der Waals surface area (Å²) in [6.07, 6.45) is 12.6. The molecule has 0 amide bonds. The summed E-state index contributed by atoms with van der Waals surface area (Å²) < 4.78 is 1.46. The monoisotopic (exact) mass is 456 g/mol. The molecule has 1 aliphatic heterocycles. The highest BCUT2D eigenvalue weighted by molar-refractivity contribution is 5.79. The number of aryl methyl sites for hydroxylation is 4. The van der Waals surface area contributed by atoms with E-state index in [-0.39, 0.29) is 0 Å². The van der Waals surface area contributed by atoms with Crippen molar-refractivity contribution < 1.29 is 4.70 Å². The molecule has 2 nitrogen and oxygen atoms in total. The Hall–Kier alpha value is -2.48. The highest BCUT2D eigenvalue weighted by Crippen LogP contribution is 2.39. The SMILES string of the molecule is CCCCC1=C(c2cc(C)c(CCCC)c(C)c2)[N+](=[N-])C(c2cc(C)c(CCCC)c(C)c2)=C1. The Morgan fingerprint density at radius 2 is 1.03 bits per heavy atom. The smallest absolute Gasteiger partial charge is 0.210 e. The van der Waals surface area contributed by atoms with E-state index >= 15 is 0 Å². The Morgan fingerprint density at radius 1 is 0.618 bits per heavy atom. The van der Waals surface area contributed by atoms with Gasteiger partial charge in [0.05, 0.1) is 0 Å². The summed E-state index contributed by atoms with van der Waals surface area (Å²) in [5.41, 5.74) is 25.1. The van der Waals surface area contributed by atoms with Gasteiger partial charge in [-0.2, -0.15) is 0 Å². The van der Waals surface area contributed by atoms with E-state index in [0.717, 1.165) is 54.6 Å². The van der Waals surface area contributed by atoms with Crippen LogP contribution in [-0.2, 0) is 12.8 Å². The van der Waals surface area contributed by atoms with E-state index < -0.39 is 0 Å². The molecule has 3 rings (SSSR count). The molecular formula is C32H44N2. The minimum Gasteiger partial charge on any atom is -0.493 e. The molecule has 0 radical (unpaired) electrons. The van der Waals surface area contributed by atoms with Gasteiger partial charge in [-0.3, -0.25) is 0 Å². The largest absolute Gasteiger partial charge is 0.493 e. The van der Waals surface area contributed by atoms with E-state index in [0.29, 0.717) is 0 Å². The molecule has 0 saturated heterocycles. The van der Waals surface area contributed by atoms with E-state index in [1.807, 2.05) is 0 Å². The first kappa shape index (κ1) is 26.1. The Bertz CT molecular complexity index is 1070. The van der Waals surface area contributed by atoms with Crippen molar-refractivity contribution in [3.05, 3.63) is 86.0 Å². The summed E-state index contributed by atoms with van der Waals surface area (Å²) >= 11 is 0. The number of hydrogen-bond acceptors (Lipinski definition) is 0. The quantitative estimate of drug-likeness (QED) is 0.301. The third-order valence-electron chi connectivity index (χ3n) is 7.38. The molecule has 0 saturated carbocycles. The van der Waals surface area contributed by atoms with E-state index in [9.17, 15) is 5.53 Å². The van der Waals surface area contributed by atoms with Gasteiger partial charge in [-0.1, -0.05) is 40.0 Å². The van der Waals surface area contributed by atoms with E-state index in [1.165, 1.54) is 69.3 Å². The molecule has 0 atom stereocenters. The Balaban J connectivity index is 2.02. The minimum absolute atomic E-state index is 0.903. The molecule has 0 aliphatic carbocycles. The van der Waals surface area contributed by atoms with Gasteiger partial charge in [0.2, 0.25) is 11.4 Å². The van der Waals surface area contributed by atoms with Gasteiger partial charge in [0.1, 0.15) is 0 Å². The van der Waals surface area contributed by atoms with Crippen LogP contribution < -0.4 is 0 Å². The maximum atomic E-state index is 11.5. The van der Waals surface area contributed by atoms with Gasteiger partial charge in [-0.05, 0) is 124 Å². The molecule has 0 aromatic heterocycles. The standard InChI is InChI=1S/C32H44N2/c1-8-11-14-26-21-31(27-17-22(4)29(15-12-9-2)23(5)18-27)34(33)32(26)28-19-24(6)30(16-13-10-3)25(7)20-28/h17-21H,8-16H2,1-7H3. The normalized spacial score (nSPS) is 13.7. The molecule has 0 N–H and O–H groups in total. The summed E-state index contributed by atoms with van der Waals surface area (Å²) in [5, 5.41) is 0. The molecule has 0 bridgehead atoms. The van der Waals surface area contributed by atoms with Crippen molar-refractivity contribution in [1.82, 2.24) is 0 Å². The first-order chi connectivity index (χ1) is 16.3. The van der Waals surface area contributed by atoms with Crippen molar-refractivity contribution in [3.8, 4) is 0 Å². The van der Waals surface area contributed by atoms with Gasteiger partial charge in [0, 0.05) is 22.8 Å². The van der Waals surface area contributed by atoms with Crippen molar-refractivity contribution in [1.29, 1.82) is 0 Å². The highest BCUT2D eigenvalue weighted by atomic mass is 15.2. The topological polar surface area (TPSA) is 25.3 Å². The average Bonchev–Trinajstić information content (AvgIpc) is 3.12. The fourth-order valence-electron chi connectivity index (χ4n) is 5.39. The van der Waals surface area contributed by atoms with E-state index in [1.54, 1.807) is 0 Å². The van der Waals surface area contributed by atoms with E-state index in [4.69, 9.17) is 0 Å². The Morgan fingerprint density at radius 3 is 1.47 bits per heavy atom. The third-order valence-corrected chi connectivity index (χ3v) is 7.38. The summed E-state index contributed by atoms with van der Waals surface area (Å²) in [6, 6.07) is 9.09. The molecular weight excluding hydrogens is 412 g/mol. The van der Waals surface area contributed by atoms with Gasteiger partial charge < -0.3 is 5.53 Å². The van der Waals surface area contributed by atoms with Gasteiger partial charge in [0.25, 0.3) is 0 Å². The van der Waals surface area contributed by atoms with Crippen LogP contribution in [0.1, 0.15) is 110 Å². The van der Waals surface area contributed by atoms with Crippen LogP contribution in [0, 0.1) is 27.7 Å². The van der Waals surface area contributed by atoms with Crippen LogP contribution in [0.2, 0.25) is 0 Å². The lowest BCUT2D eigenvalue weighted by Crippen LogP contribution is -2.05. The molecule has 182 valence electrons.